The smallest absolute Gasteiger partial charge is 0.165 e. The minimum atomic E-state index is 0.470. The average molecular weight is 259 g/mol. The van der Waals surface area contributed by atoms with Crippen LogP contribution in [0.15, 0.2) is 36.5 Å². The second kappa shape index (κ2) is 3.99. The van der Waals surface area contributed by atoms with Gasteiger partial charge in [0.05, 0.1) is 11.1 Å². The molecule has 0 saturated heterocycles. The van der Waals surface area contributed by atoms with Crippen molar-refractivity contribution in [2.75, 3.05) is 5.73 Å². The summed E-state index contributed by atoms with van der Waals surface area (Å²) in [5.41, 5.74) is 8.59. The summed E-state index contributed by atoms with van der Waals surface area (Å²) in [5, 5.41) is 5.84. The summed E-state index contributed by atoms with van der Waals surface area (Å²) in [6, 6.07) is 9.40. The number of nitrogens with zero attached hydrogens (tertiary/aromatic N) is 3. The number of anilines is 1. The molecular weight excluding hydrogens is 248 g/mol. The number of hydrogen-bond acceptors (Lipinski definition) is 3. The summed E-state index contributed by atoms with van der Waals surface area (Å²) >= 11 is 6.03. The van der Waals surface area contributed by atoms with Crippen molar-refractivity contribution in [3.05, 3.63) is 47.1 Å². The van der Waals surface area contributed by atoms with Crippen LogP contribution in [-0.2, 0) is 0 Å². The van der Waals surface area contributed by atoms with E-state index in [0.29, 0.717) is 10.8 Å². The van der Waals surface area contributed by atoms with Crippen molar-refractivity contribution >= 4 is 28.5 Å². The van der Waals surface area contributed by atoms with Crippen molar-refractivity contribution in [1.29, 1.82) is 0 Å². The van der Waals surface area contributed by atoms with E-state index in [4.69, 9.17) is 17.3 Å². The van der Waals surface area contributed by atoms with Crippen LogP contribution in [0, 0.1) is 6.92 Å². The Balaban J connectivity index is 2.35. The van der Waals surface area contributed by atoms with Crippen molar-refractivity contribution in [3.63, 3.8) is 0 Å². The molecule has 0 saturated carbocycles. The Hall–Kier alpha value is -2.07. The summed E-state index contributed by atoms with van der Waals surface area (Å²) < 4.78 is 1.73. The molecular formula is C13H11ClN4. The van der Waals surface area contributed by atoms with Crippen LogP contribution in [0.1, 0.15) is 5.56 Å². The summed E-state index contributed by atoms with van der Waals surface area (Å²) in [5.74, 6) is 0.470. The Morgan fingerprint density at radius 3 is 2.94 bits per heavy atom. The molecule has 0 fully saturated rings. The van der Waals surface area contributed by atoms with Gasteiger partial charge in [-0.15, -0.1) is 5.10 Å². The molecule has 0 radical (unpaired) electrons. The number of pyridine rings is 1. The number of halogens is 1. The van der Waals surface area contributed by atoms with Crippen LogP contribution in [0.4, 0.5) is 5.82 Å². The van der Waals surface area contributed by atoms with Crippen LogP contribution < -0.4 is 5.73 Å². The predicted molar refractivity (Wildman–Crippen MR) is 73.0 cm³/mol. The minimum absolute atomic E-state index is 0.470. The number of aromatic nitrogens is 3. The van der Waals surface area contributed by atoms with Gasteiger partial charge in [0.25, 0.3) is 0 Å². The maximum Gasteiger partial charge on any atom is 0.165 e. The van der Waals surface area contributed by atoms with Crippen molar-refractivity contribution < 1.29 is 0 Å². The third kappa shape index (κ3) is 1.62. The molecule has 0 aliphatic heterocycles. The Morgan fingerprint density at radius 2 is 2.11 bits per heavy atom. The lowest BCUT2D eigenvalue weighted by Crippen LogP contribution is -2.00. The fourth-order valence-corrected chi connectivity index (χ4v) is 2.12. The summed E-state index contributed by atoms with van der Waals surface area (Å²) in [6.45, 7) is 2.00. The van der Waals surface area contributed by atoms with E-state index < -0.39 is 0 Å². The highest BCUT2D eigenvalue weighted by Gasteiger charge is 2.12. The highest BCUT2D eigenvalue weighted by Crippen LogP contribution is 2.25. The van der Waals surface area contributed by atoms with Crippen LogP contribution in [0.5, 0.6) is 0 Å². The summed E-state index contributed by atoms with van der Waals surface area (Å²) in [6.07, 6.45) is 1.72. The molecule has 0 unspecified atom stereocenters. The zero-order chi connectivity index (χ0) is 12.7. The topological polar surface area (TPSA) is 56.7 Å². The third-order valence-corrected chi connectivity index (χ3v) is 3.11. The Kier molecular flexibility index (Phi) is 2.45. The quantitative estimate of drug-likeness (QED) is 0.730. The van der Waals surface area contributed by atoms with Gasteiger partial charge in [-0.2, -0.15) is 0 Å². The van der Waals surface area contributed by atoms with Gasteiger partial charge in [-0.05, 0) is 36.8 Å². The van der Waals surface area contributed by atoms with Gasteiger partial charge in [0.2, 0.25) is 0 Å². The fraction of sp³-hybridized carbons (Fsp3) is 0.0769. The number of fused-ring (bicyclic) bond motifs is 1. The van der Waals surface area contributed by atoms with E-state index in [2.05, 4.69) is 10.1 Å². The molecule has 18 heavy (non-hydrogen) atoms. The third-order valence-electron chi connectivity index (χ3n) is 2.87. The number of rotatable bonds is 1. The largest absolute Gasteiger partial charge is 0.382 e. The van der Waals surface area contributed by atoms with Crippen LogP contribution in [-0.4, -0.2) is 14.8 Å². The first-order valence-corrected chi connectivity index (χ1v) is 5.90. The molecule has 5 heteroatoms. The number of hydrogen-bond donors (Lipinski definition) is 1. The van der Waals surface area contributed by atoms with Crippen LogP contribution in [0.2, 0.25) is 5.02 Å². The lowest BCUT2D eigenvalue weighted by Gasteiger charge is -2.06. The van der Waals surface area contributed by atoms with Gasteiger partial charge in [0, 0.05) is 11.2 Å². The van der Waals surface area contributed by atoms with Gasteiger partial charge in [-0.25, -0.2) is 9.67 Å². The molecule has 0 amide bonds. The molecule has 0 spiro atoms. The number of nitrogens with two attached hydrogens (primary N) is 1. The molecule has 2 heterocycles. The van der Waals surface area contributed by atoms with E-state index >= 15 is 0 Å². The van der Waals surface area contributed by atoms with E-state index in [0.717, 1.165) is 22.3 Å². The van der Waals surface area contributed by atoms with Gasteiger partial charge in [0.1, 0.15) is 0 Å². The number of benzene rings is 1. The van der Waals surface area contributed by atoms with E-state index in [1.54, 1.807) is 10.9 Å². The number of aryl methyl sites for hydroxylation is 1. The lowest BCUT2D eigenvalue weighted by molar-refractivity contribution is 0.895. The molecule has 2 aromatic heterocycles. The van der Waals surface area contributed by atoms with Crippen molar-refractivity contribution in [3.8, 4) is 5.69 Å². The summed E-state index contributed by atoms with van der Waals surface area (Å²) in [4.78, 5) is 4.33. The van der Waals surface area contributed by atoms with Gasteiger partial charge in [-0.1, -0.05) is 17.7 Å². The predicted octanol–water partition coefficient (Wildman–Crippen LogP) is 2.96. The molecule has 1 aromatic carbocycles. The molecule has 2 N–H and O–H groups in total. The molecule has 4 nitrogen and oxygen atoms in total. The lowest BCUT2D eigenvalue weighted by atomic mass is 10.2. The molecule has 90 valence electrons. The minimum Gasteiger partial charge on any atom is -0.382 e. The van der Waals surface area contributed by atoms with E-state index in [9.17, 15) is 0 Å². The standard InChI is InChI=1S/C13H11ClN4/c1-8-4-5-9(14)7-11(8)18-13-10(12(15)17-18)3-2-6-16-13/h2-7H,1H3,(H2,15,17). The molecule has 3 rings (SSSR count). The second-order valence-corrected chi connectivity index (χ2v) is 4.54. The first-order chi connectivity index (χ1) is 8.66. The molecule has 0 atom stereocenters. The zero-order valence-corrected chi connectivity index (χ0v) is 10.5. The first kappa shape index (κ1) is 11.0. The van der Waals surface area contributed by atoms with Crippen molar-refractivity contribution in [2.45, 2.75) is 6.92 Å². The highest BCUT2D eigenvalue weighted by atomic mass is 35.5. The average Bonchev–Trinajstić information content (AvgIpc) is 2.71. The van der Waals surface area contributed by atoms with Crippen LogP contribution in [0.25, 0.3) is 16.7 Å². The Morgan fingerprint density at radius 1 is 1.28 bits per heavy atom. The SMILES string of the molecule is Cc1ccc(Cl)cc1-n1nc(N)c2cccnc21. The maximum absolute atomic E-state index is 6.03. The zero-order valence-electron chi connectivity index (χ0n) is 9.76. The molecule has 0 bridgehead atoms. The van der Waals surface area contributed by atoms with Gasteiger partial charge < -0.3 is 5.73 Å². The van der Waals surface area contributed by atoms with E-state index in [1.807, 2.05) is 37.3 Å². The van der Waals surface area contributed by atoms with E-state index in [-0.39, 0.29) is 0 Å². The van der Waals surface area contributed by atoms with Crippen molar-refractivity contribution in [2.24, 2.45) is 0 Å². The monoisotopic (exact) mass is 258 g/mol. The Bertz CT molecular complexity index is 733. The van der Waals surface area contributed by atoms with Gasteiger partial charge in [-0.3, -0.25) is 0 Å². The second-order valence-electron chi connectivity index (χ2n) is 4.10. The molecule has 3 aromatic rings. The fourth-order valence-electron chi connectivity index (χ4n) is 1.95. The van der Waals surface area contributed by atoms with Crippen molar-refractivity contribution in [1.82, 2.24) is 14.8 Å². The molecule has 0 aliphatic rings. The van der Waals surface area contributed by atoms with E-state index in [1.165, 1.54) is 0 Å². The van der Waals surface area contributed by atoms with Gasteiger partial charge >= 0.3 is 0 Å². The normalized spacial score (nSPS) is 11.0. The van der Waals surface area contributed by atoms with Crippen LogP contribution >= 0.6 is 11.6 Å². The maximum atomic E-state index is 6.03. The Labute approximate surface area is 109 Å². The van der Waals surface area contributed by atoms with Crippen LogP contribution in [0.3, 0.4) is 0 Å². The highest BCUT2D eigenvalue weighted by molar-refractivity contribution is 6.30. The van der Waals surface area contributed by atoms with Gasteiger partial charge in [0.15, 0.2) is 11.5 Å². The first-order valence-electron chi connectivity index (χ1n) is 5.52. The molecule has 0 aliphatic carbocycles. The number of nitrogen functional groups attached to an aromatic ring is 1. The summed E-state index contributed by atoms with van der Waals surface area (Å²) in [7, 11) is 0.